The van der Waals surface area contributed by atoms with E-state index in [1.807, 2.05) is 6.92 Å². The van der Waals surface area contributed by atoms with Gasteiger partial charge in [0.2, 0.25) is 0 Å². The Labute approximate surface area is 129 Å². The van der Waals surface area contributed by atoms with Crippen molar-refractivity contribution in [2.24, 2.45) is 5.92 Å². The zero-order valence-corrected chi connectivity index (χ0v) is 13.4. The highest BCUT2D eigenvalue weighted by atomic mass is 16.5. The van der Waals surface area contributed by atoms with Gasteiger partial charge in [-0.15, -0.1) is 0 Å². The van der Waals surface area contributed by atoms with Crippen LogP contribution in [-0.2, 0) is 16.1 Å². The Hall–Kier alpha value is -1.89. The van der Waals surface area contributed by atoms with E-state index in [1.54, 1.807) is 4.68 Å². The van der Waals surface area contributed by atoms with Crippen LogP contribution >= 0.6 is 0 Å². The van der Waals surface area contributed by atoms with Crippen molar-refractivity contribution in [3.8, 4) is 0 Å². The van der Waals surface area contributed by atoms with E-state index in [9.17, 15) is 14.7 Å². The van der Waals surface area contributed by atoms with E-state index in [0.717, 1.165) is 12.2 Å². The third-order valence-corrected chi connectivity index (χ3v) is 4.01. The van der Waals surface area contributed by atoms with Gasteiger partial charge in [0.1, 0.15) is 6.04 Å². The third-order valence-electron chi connectivity index (χ3n) is 4.01. The van der Waals surface area contributed by atoms with Crippen LogP contribution in [0.4, 0.5) is 0 Å². The number of aliphatic carboxylic acids is 1. The van der Waals surface area contributed by atoms with Gasteiger partial charge in [-0.25, -0.2) is 4.79 Å². The predicted octanol–water partition coefficient (Wildman–Crippen LogP) is 1.16. The minimum Gasteiger partial charge on any atom is -0.480 e. The van der Waals surface area contributed by atoms with Crippen LogP contribution in [0.25, 0.3) is 0 Å². The normalized spacial score (nSPS) is 21.6. The SMILES string of the molecule is COC1CC(C(=O)O)N(C(=O)c2cnn(CC(C)C)c2C)C1. The molecule has 1 aromatic rings. The second kappa shape index (κ2) is 6.48. The molecule has 0 radical (unpaired) electrons. The van der Waals surface area contributed by atoms with Gasteiger partial charge < -0.3 is 14.7 Å². The molecule has 0 aromatic carbocycles. The molecule has 2 atom stereocenters. The fraction of sp³-hybridized carbons (Fsp3) is 0.667. The maximum absolute atomic E-state index is 12.7. The van der Waals surface area contributed by atoms with E-state index in [2.05, 4.69) is 18.9 Å². The quantitative estimate of drug-likeness (QED) is 0.882. The van der Waals surface area contributed by atoms with Crippen LogP contribution in [0, 0.1) is 12.8 Å². The summed E-state index contributed by atoms with van der Waals surface area (Å²) >= 11 is 0. The zero-order chi connectivity index (χ0) is 16.4. The van der Waals surface area contributed by atoms with Gasteiger partial charge >= 0.3 is 5.97 Å². The molecule has 1 N–H and O–H groups in total. The van der Waals surface area contributed by atoms with Gasteiger partial charge in [0, 0.05) is 32.3 Å². The number of likely N-dealkylation sites (tertiary alicyclic amines) is 1. The van der Waals surface area contributed by atoms with E-state index >= 15 is 0 Å². The molecule has 0 spiro atoms. The molecule has 2 rings (SSSR count). The van der Waals surface area contributed by atoms with Crippen molar-refractivity contribution in [1.82, 2.24) is 14.7 Å². The first-order valence-corrected chi connectivity index (χ1v) is 7.44. The molecule has 1 fully saturated rings. The number of aromatic nitrogens is 2. The Balaban J connectivity index is 2.23. The molecule has 0 bridgehead atoms. The number of carbonyl (C=O) groups excluding carboxylic acids is 1. The van der Waals surface area contributed by atoms with Gasteiger partial charge in [-0.3, -0.25) is 9.48 Å². The van der Waals surface area contributed by atoms with Crippen molar-refractivity contribution in [2.45, 2.75) is 45.9 Å². The van der Waals surface area contributed by atoms with Crippen molar-refractivity contribution in [2.75, 3.05) is 13.7 Å². The van der Waals surface area contributed by atoms with Crippen LogP contribution in [0.5, 0.6) is 0 Å². The van der Waals surface area contributed by atoms with Gasteiger partial charge in [0.15, 0.2) is 0 Å². The molecule has 22 heavy (non-hydrogen) atoms. The van der Waals surface area contributed by atoms with Crippen LogP contribution in [0.1, 0.15) is 36.3 Å². The summed E-state index contributed by atoms with van der Waals surface area (Å²) in [5, 5.41) is 13.6. The van der Waals surface area contributed by atoms with Crippen LogP contribution in [0.2, 0.25) is 0 Å². The van der Waals surface area contributed by atoms with E-state index < -0.39 is 12.0 Å². The molecule has 0 saturated carbocycles. The topological polar surface area (TPSA) is 84.7 Å². The number of hydrogen-bond donors (Lipinski definition) is 1. The molecular weight excluding hydrogens is 286 g/mol. The Kier molecular flexibility index (Phi) is 4.85. The molecule has 1 amide bonds. The molecule has 1 saturated heterocycles. The van der Waals surface area contributed by atoms with Crippen molar-refractivity contribution in [3.05, 3.63) is 17.5 Å². The minimum atomic E-state index is -1.000. The number of carboxylic acid groups (broad SMARTS) is 1. The Bertz CT molecular complexity index is 567. The van der Waals surface area contributed by atoms with Crippen molar-refractivity contribution >= 4 is 11.9 Å². The summed E-state index contributed by atoms with van der Waals surface area (Å²) in [5.41, 5.74) is 1.23. The maximum atomic E-state index is 12.7. The first kappa shape index (κ1) is 16.5. The lowest BCUT2D eigenvalue weighted by atomic mass is 10.1. The Morgan fingerprint density at radius 1 is 1.50 bits per heavy atom. The van der Waals surface area contributed by atoms with Crippen molar-refractivity contribution < 1.29 is 19.4 Å². The number of nitrogens with zero attached hydrogens (tertiary/aromatic N) is 3. The van der Waals surface area contributed by atoms with Crippen LogP contribution in [0.3, 0.4) is 0 Å². The number of ether oxygens (including phenoxy) is 1. The van der Waals surface area contributed by atoms with Crippen LogP contribution in [-0.4, -0.2) is 57.5 Å². The number of carboxylic acids is 1. The van der Waals surface area contributed by atoms with Gasteiger partial charge in [0.25, 0.3) is 5.91 Å². The highest BCUT2D eigenvalue weighted by Crippen LogP contribution is 2.24. The average molecular weight is 309 g/mol. The lowest BCUT2D eigenvalue weighted by Gasteiger charge is -2.21. The summed E-state index contributed by atoms with van der Waals surface area (Å²) in [6, 6.07) is -0.842. The second-order valence-corrected chi connectivity index (χ2v) is 6.12. The van der Waals surface area contributed by atoms with Crippen LogP contribution < -0.4 is 0 Å². The number of hydrogen-bond acceptors (Lipinski definition) is 4. The first-order valence-electron chi connectivity index (χ1n) is 7.44. The summed E-state index contributed by atoms with van der Waals surface area (Å²) in [5.74, 6) is -0.877. The Morgan fingerprint density at radius 2 is 2.18 bits per heavy atom. The molecule has 7 nitrogen and oxygen atoms in total. The highest BCUT2D eigenvalue weighted by Gasteiger charge is 2.40. The number of carbonyl (C=O) groups is 2. The summed E-state index contributed by atoms with van der Waals surface area (Å²) in [4.78, 5) is 25.4. The summed E-state index contributed by atoms with van der Waals surface area (Å²) in [6.45, 7) is 7.00. The van der Waals surface area contributed by atoms with Gasteiger partial charge in [0.05, 0.1) is 17.9 Å². The molecule has 2 heterocycles. The average Bonchev–Trinajstić information content (AvgIpc) is 3.03. The molecule has 1 aliphatic rings. The molecule has 0 aliphatic carbocycles. The predicted molar refractivity (Wildman–Crippen MR) is 79.7 cm³/mol. The molecular formula is C15H23N3O4. The fourth-order valence-corrected chi connectivity index (χ4v) is 2.77. The van der Waals surface area contributed by atoms with Crippen molar-refractivity contribution in [1.29, 1.82) is 0 Å². The molecule has 2 unspecified atom stereocenters. The number of amides is 1. The molecule has 1 aliphatic heterocycles. The minimum absolute atomic E-state index is 0.240. The maximum Gasteiger partial charge on any atom is 0.326 e. The molecule has 122 valence electrons. The van der Waals surface area contributed by atoms with Gasteiger partial charge in [-0.1, -0.05) is 13.8 Å². The van der Waals surface area contributed by atoms with Crippen molar-refractivity contribution in [3.63, 3.8) is 0 Å². The highest BCUT2D eigenvalue weighted by molar-refractivity contribution is 5.97. The second-order valence-electron chi connectivity index (χ2n) is 6.12. The monoisotopic (exact) mass is 309 g/mol. The smallest absolute Gasteiger partial charge is 0.326 e. The molecule has 7 heteroatoms. The lowest BCUT2D eigenvalue weighted by molar-refractivity contribution is -0.141. The lowest BCUT2D eigenvalue weighted by Crippen LogP contribution is -2.40. The van der Waals surface area contributed by atoms with E-state index in [1.165, 1.54) is 18.2 Å². The summed E-state index contributed by atoms with van der Waals surface area (Å²) < 4.78 is 7.01. The largest absolute Gasteiger partial charge is 0.480 e. The number of rotatable bonds is 5. The fourth-order valence-electron chi connectivity index (χ4n) is 2.77. The first-order chi connectivity index (χ1) is 10.3. The Morgan fingerprint density at radius 3 is 2.73 bits per heavy atom. The van der Waals surface area contributed by atoms with Crippen LogP contribution in [0.15, 0.2) is 6.20 Å². The summed E-state index contributed by atoms with van der Waals surface area (Å²) in [6.07, 6.45) is 1.60. The summed E-state index contributed by atoms with van der Waals surface area (Å²) in [7, 11) is 1.53. The number of methoxy groups -OCH3 is 1. The standard InChI is InChI=1S/C15H23N3O4/c1-9(2)7-18-10(3)12(6-16-18)14(19)17-8-11(22-4)5-13(17)15(20)21/h6,9,11,13H,5,7-8H2,1-4H3,(H,20,21). The zero-order valence-electron chi connectivity index (χ0n) is 13.4. The van der Waals surface area contributed by atoms with E-state index in [0.29, 0.717) is 24.4 Å². The third kappa shape index (κ3) is 3.14. The van der Waals surface area contributed by atoms with Gasteiger partial charge in [-0.2, -0.15) is 5.10 Å². The van der Waals surface area contributed by atoms with Gasteiger partial charge in [-0.05, 0) is 12.8 Å². The molecule has 1 aromatic heterocycles. The van der Waals surface area contributed by atoms with E-state index in [-0.39, 0.29) is 12.0 Å². The van der Waals surface area contributed by atoms with E-state index in [4.69, 9.17) is 4.74 Å².